The van der Waals surface area contributed by atoms with Crippen molar-refractivity contribution in [1.29, 1.82) is 0 Å². The normalized spacial score (nSPS) is 10.7. The van der Waals surface area contributed by atoms with Crippen LogP contribution in [0.4, 0.5) is 5.69 Å². The molecule has 0 saturated carbocycles. The first-order chi connectivity index (χ1) is 13.1. The molecular weight excluding hydrogens is 340 g/mol. The van der Waals surface area contributed by atoms with Gasteiger partial charge in [0.2, 0.25) is 5.82 Å². The van der Waals surface area contributed by atoms with Crippen LogP contribution in [0.15, 0.2) is 48.7 Å². The molecule has 0 aliphatic rings. The summed E-state index contributed by atoms with van der Waals surface area (Å²) >= 11 is 0. The van der Waals surface area contributed by atoms with Gasteiger partial charge in [-0.15, -0.1) is 0 Å². The highest BCUT2D eigenvalue weighted by atomic mass is 16.2. The Balaban J connectivity index is 1.84. The number of nitrogens with one attached hydrogen (secondary N) is 2. The third-order valence-corrected chi connectivity index (χ3v) is 4.34. The minimum atomic E-state index is -0.356. The van der Waals surface area contributed by atoms with Gasteiger partial charge in [-0.2, -0.15) is 0 Å². The molecule has 0 spiro atoms. The number of anilines is 1. The van der Waals surface area contributed by atoms with E-state index in [0.717, 1.165) is 24.8 Å². The zero-order valence-electron chi connectivity index (χ0n) is 15.7. The van der Waals surface area contributed by atoms with E-state index in [2.05, 4.69) is 22.5 Å². The first-order valence-electron chi connectivity index (χ1n) is 9.23. The lowest BCUT2D eigenvalue weighted by molar-refractivity contribution is 0.0950. The molecule has 0 radical (unpaired) electrons. The summed E-state index contributed by atoms with van der Waals surface area (Å²) in [4.78, 5) is 29.6. The number of hydrogen-bond acceptors (Lipinski definition) is 3. The van der Waals surface area contributed by atoms with Crippen molar-refractivity contribution in [2.45, 2.75) is 33.1 Å². The number of aryl methyl sites for hydroxylation is 1. The molecule has 140 valence electrons. The van der Waals surface area contributed by atoms with Gasteiger partial charge in [-0.05, 0) is 37.6 Å². The number of aromatic nitrogens is 2. The number of imidazole rings is 1. The quantitative estimate of drug-likeness (QED) is 0.626. The molecule has 2 heterocycles. The van der Waals surface area contributed by atoms with Gasteiger partial charge in [0.25, 0.3) is 11.8 Å². The van der Waals surface area contributed by atoms with Crippen LogP contribution in [0.5, 0.6) is 0 Å². The summed E-state index contributed by atoms with van der Waals surface area (Å²) in [7, 11) is 0. The molecule has 2 aromatic heterocycles. The number of carbonyl (C=O) groups is 2. The molecule has 2 N–H and O–H groups in total. The molecule has 0 saturated heterocycles. The number of amides is 2. The van der Waals surface area contributed by atoms with Gasteiger partial charge >= 0.3 is 0 Å². The van der Waals surface area contributed by atoms with E-state index in [9.17, 15) is 9.59 Å². The van der Waals surface area contributed by atoms with E-state index in [1.807, 2.05) is 37.3 Å². The van der Waals surface area contributed by atoms with E-state index in [-0.39, 0.29) is 23.3 Å². The van der Waals surface area contributed by atoms with Gasteiger partial charge < -0.3 is 10.6 Å². The van der Waals surface area contributed by atoms with Gasteiger partial charge in [-0.3, -0.25) is 14.0 Å². The zero-order chi connectivity index (χ0) is 19.2. The van der Waals surface area contributed by atoms with Crippen molar-refractivity contribution in [2.24, 2.45) is 0 Å². The second kappa shape index (κ2) is 8.49. The Morgan fingerprint density at radius 2 is 1.81 bits per heavy atom. The van der Waals surface area contributed by atoms with Crippen LogP contribution in [0.1, 0.15) is 52.9 Å². The lowest BCUT2D eigenvalue weighted by Gasteiger charge is -2.04. The molecule has 1 aromatic carbocycles. The van der Waals surface area contributed by atoms with E-state index >= 15 is 0 Å². The fourth-order valence-electron chi connectivity index (χ4n) is 2.85. The summed E-state index contributed by atoms with van der Waals surface area (Å²) in [6.45, 7) is 4.70. The summed E-state index contributed by atoms with van der Waals surface area (Å²) in [5.74, 6) is -0.431. The van der Waals surface area contributed by atoms with Gasteiger partial charge in [-0.1, -0.05) is 43.5 Å². The van der Waals surface area contributed by atoms with Crippen LogP contribution in [0.3, 0.4) is 0 Å². The summed E-state index contributed by atoms with van der Waals surface area (Å²) < 4.78 is 1.64. The number of rotatable bonds is 7. The highest BCUT2D eigenvalue weighted by Crippen LogP contribution is 2.16. The minimum absolute atomic E-state index is 0.185. The Labute approximate surface area is 158 Å². The minimum Gasteiger partial charge on any atom is -0.351 e. The molecule has 0 aliphatic carbocycles. The molecule has 0 aliphatic heterocycles. The number of hydrogen-bond donors (Lipinski definition) is 2. The molecule has 3 rings (SSSR count). The molecule has 6 heteroatoms. The number of carbonyl (C=O) groups excluding carboxylic acids is 2. The Morgan fingerprint density at radius 3 is 2.56 bits per heavy atom. The predicted molar refractivity (Wildman–Crippen MR) is 106 cm³/mol. The third kappa shape index (κ3) is 4.34. The lowest BCUT2D eigenvalue weighted by atomic mass is 10.2. The van der Waals surface area contributed by atoms with Crippen molar-refractivity contribution < 1.29 is 9.59 Å². The second-order valence-electron chi connectivity index (χ2n) is 6.52. The van der Waals surface area contributed by atoms with Crippen molar-refractivity contribution in [3.05, 3.63) is 65.7 Å². The van der Waals surface area contributed by atoms with E-state index in [4.69, 9.17) is 0 Å². The van der Waals surface area contributed by atoms with Crippen LogP contribution in [0, 0.1) is 6.92 Å². The van der Waals surface area contributed by atoms with Gasteiger partial charge in [-0.25, -0.2) is 4.98 Å². The first-order valence-corrected chi connectivity index (χ1v) is 9.23. The molecule has 0 fully saturated rings. The van der Waals surface area contributed by atoms with Crippen LogP contribution < -0.4 is 10.6 Å². The molecule has 27 heavy (non-hydrogen) atoms. The topological polar surface area (TPSA) is 75.5 Å². The van der Waals surface area contributed by atoms with Crippen molar-refractivity contribution in [3.8, 4) is 0 Å². The Bertz CT molecular complexity index is 944. The summed E-state index contributed by atoms with van der Waals surface area (Å²) in [6, 6.07) is 12.9. The maximum atomic E-state index is 12.7. The summed E-state index contributed by atoms with van der Waals surface area (Å²) in [6.07, 6.45) is 4.82. The zero-order valence-corrected chi connectivity index (χ0v) is 15.7. The highest BCUT2D eigenvalue weighted by molar-refractivity contribution is 6.06. The van der Waals surface area contributed by atoms with Gasteiger partial charge in [0.15, 0.2) is 5.69 Å². The number of nitrogens with zero attached hydrogens (tertiary/aromatic N) is 2. The van der Waals surface area contributed by atoms with Gasteiger partial charge in [0, 0.05) is 18.4 Å². The SMILES string of the molecule is CCCCCNC(=O)c1nc(C(=O)Nc2ccc(C)cc2)n2ccccc12. The van der Waals surface area contributed by atoms with E-state index < -0.39 is 0 Å². The van der Waals surface area contributed by atoms with Gasteiger partial charge in [0.05, 0.1) is 5.52 Å². The molecule has 3 aromatic rings. The number of benzene rings is 1. The standard InChI is InChI=1S/C21H24N4O2/c1-3-4-6-13-22-20(26)18-17-8-5-7-14-25(17)19(24-18)21(27)23-16-11-9-15(2)10-12-16/h5,7-12,14H,3-4,6,13H2,1-2H3,(H,22,26)(H,23,27). The number of unbranched alkanes of at least 4 members (excludes halogenated alkanes) is 2. The molecule has 2 amide bonds. The third-order valence-electron chi connectivity index (χ3n) is 4.34. The Kier molecular flexibility index (Phi) is 5.86. The van der Waals surface area contributed by atoms with E-state index in [0.29, 0.717) is 17.7 Å². The average Bonchev–Trinajstić information content (AvgIpc) is 3.07. The highest BCUT2D eigenvalue weighted by Gasteiger charge is 2.21. The molecular formula is C21H24N4O2. The fraction of sp³-hybridized carbons (Fsp3) is 0.286. The molecule has 0 atom stereocenters. The first kappa shape index (κ1) is 18.6. The fourth-order valence-corrected chi connectivity index (χ4v) is 2.85. The summed E-state index contributed by atoms with van der Waals surface area (Å²) in [5.41, 5.74) is 2.67. The van der Waals surface area contributed by atoms with Crippen molar-refractivity contribution in [1.82, 2.24) is 14.7 Å². The van der Waals surface area contributed by atoms with Crippen LogP contribution in [0.25, 0.3) is 5.52 Å². The number of pyridine rings is 1. The van der Waals surface area contributed by atoms with Crippen molar-refractivity contribution >= 4 is 23.0 Å². The van der Waals surface area contributed by atoms with Gasteiger partial charge in [0.1, 0.15) is 0 Å². The Hall–Kier alpha value is -3.15. The predicted octanol–water partition coefficient (Wildman–Crippen LogP) is 3.82. The smallest absolute Gasteiger partial charge is 0.292 e. The summed E-state index contributed by atoms with van der Waals surface area (Å²) in [5, 5.41) is 5.72. The van der Waals surface area contributed by atoms with Crippen LogP contribution >= 0.6 is 0 Å². The van der Waals surface area contributed by atoms with Crippen molar-refractivity contribution in [3.63, 3.8) is 0 Å². The monoisotopic (exact) mass is 364 g/mol. The Morgan fingerprint density at radius 1 is 1.04 bits per heavy atom. The van der Waals surface area contributed by atoms with E-state index in [1.54, 1.807) is 22.7 Å². The van der Waals surface area contributed by atoms with E-state index in [1.165, 1.54) is 0 Å². The van der Waals surface area contributed by atoms with Crippen LogP contribution in [0.2, 0.25) is 0 Å². The van der Waals surface area contributed by atoms with Crippen LogP contribution in [-0.2, 0) is 0 Å². The molecule has 0 bridgehead atoms. The molecule has 0 unspecified atom stereocenters. The maximum absolute atomic E-state index is 12.7. The van der Waals surface area contributed by atoms with Crippen molar-refractivity contribution in [2.75, 3.05) is 11.9 Å². The lowest BCUT2D eigenvalue weighted by Crippen LogP contribution is -2.25. The average molecular weight is 364 g/mol. The van der Waals surface area contributed by atoms with Crippen LogP contribution in [-0.4, -0.2) is 27.7 Å². The molecule has 6 nitrogen and oxygen atoms in total. The maximum Gasteiger partial charge on any atom is 0.292 e. The largest absolute Gasteiger partial charge is 0.351 e. The second-order valence-corrected chi connectivity index (χ2v) is 6.52. The number of fused-ring (bicyclic) bond motifs is 1.